The maximum atomic E-state index is 11.8. The smallest absolute Gasteiger partial charge is 0.317 e. The molecule has 6 heteroatoms. The average Bonchev–Trinajstić information content (AvgIpc) is 2.36. The second kappa shape index (κ2) is 6.04. The maximum Gasteiger partial charge on any atom is 0.317 e. The quantitative estimate of drug-likeness (QED) is 0.786. The van der Waals surface area contributed by atoms with Gasteiger partial charge in [-0.3, -0.25) is 4.79 Å². The summed E-state index contributed by atoms with van der Waals surface area (Å²) in [6, 6.07) is -0.147. The molecule has 1 fully saturated rings. The van der Waals surface area contributed by atoms with E-state index < -0.39 is 11.4 Å². The zero-order valence-corrected chi connectivity index (χ0v) is 11.2. The Morgan fingerprint density at radius 1 is 1.44 bits per heavy atom. The lowest BCUT2D eigenvalue weighted by atomic mass is 9.80. The van der Waals surface area contributed by atoms with Crippen molar-refractivity contribution in [2.45, 2.75) is 32.8 Å². The van der Waals surface area contributed by atoms with Gasteiger partial charge in [-0.1, -0.05) is 0 Å². The molecule has 0 aromatic rings. The van der Waals surface area contributed by atoms with Crippen LogP contribution in [0, 0.1) is 5.41 Å². The molecule has 0 aromatic heterocycles. The summed E-state index contributed by atoms with van der Waals surface area (Å²) >= 11 is 0. The molecular weight excluding hydrogens is 236 g/mol. The first kappa shape index (κ1) is 14.8. The third-order valence-corrected chi connectivity index (χ3v) is 3.61. The maximum absolute atomic E-state index is 11.8. The van der Waals surface area contributed by atoms with E-state index in [1.807, 2.05) is 6.92 Å². The molecule has 0 aromatic carbocycles. The number of hydrogen-bond donors (Lipinski definition) is 2. The van der Waals surface area contributed by atoms with Gasteiger partial charge < -0.3 is 20.1 Å². The Bertz CT molecular complexity index is 311. The minimum atomic E-state index is -0.782. The molecule has 1 atom stereocenters. The van der Waals surface area contributed by atoms with E-state index in [9.17, 15) is 9.59 Å². The predicted octanol–water partition coefficient (Wildman–Crippen LogP) is 0.918. The molecule has 2 amide bonds. The second-order valence-electron chi connectivity index (χ2n) is 5.09. The summed E-state index contributed by atoms with van der Waals surface area (Å²) in [7, 11) is 1.59. The van der Waals surface area contributed by atoms with Gasteiger partial charge in [-0.15, -0.1) is 0 Å². The molecule has 1 heterocycles. The minimum absolute atomic E-state index is 0.0250. The fraction of sp³-hybridized carbons (Fsp3) is 0.833. The third kappa shape index (κ3) is 3.60. The molecule has 18 heavy (non-hydrogen) atoms. The molecule has 0 bridgehead atoms. The number of nitrogens with one attached hydrogen (secondary N) is 1. The normalized spacial score (nSPS) is 20.3. The van der Waals surface area contributed by atoms with E-state index in [1.54, 1.807) is 18.9 Å². The van der Waals surface area contributed by atoms with Gasteiger partial charge in [-0.05, 0) is 26.7 Å². The highest BCUT2D eigenvalue weighted by Crippen LogP contribution is 2.30. The SMILES string of the molecule is COC(C)CNC(=O)N1CCC(C)(C(=O)O)CC1. The number of ether oxygens (including phenoxy) is 1. The summed E-state index contributed by atoms with van der Waals surface area (Å²) in [5, 5.41) is 11.9. The number of carbonyl (C=O) groups excluding carboxylic acids is 1. The molecule has 0 radical (unpaired) electrons. The molecule has 0 spiro atoms. The Hall–Kier alpha value is -1.30. The van der Waals surface area contributed by atoms with E-state index in [2.05, 4.69) is 5.32 Å². The van der Waals surface area contributed by atoms with Crippen LogP contribution in [0.3, 0.4) is 0 Å². The highest BCUT2D eigenvalue weighted by atomic mass is 16.5. The van der Waals surface area contributed by atoms with Crippen LogP contribution in [0.1, 0.15) is 26.7 Å². The molecular formula is C12H22N2O4. The second-order valence-corrected chi connectivity index (χ2v) is 5.09. The molecule has 2 N–H and O–H groups in total. The van der Waals surface area contributed by atoms with Crippen LogP contribution in [0.15, 0.2) is 0 Å². The van der Waals surface area contributed by atoms with Gasteiger partial charge in [0.05, 0.1) is 11.5 Å². The van der Waals surface area contributed by atoms with Gasteiger partial charge in [0, 0.05) is 26.7 Å². The zero-order valence-electron chi connectivity index (χ0n) is 11.2. The van der Waals surface area contributed by atoms with Gasteiger partial charge in [0.1, 0.15) is 0 Å². The molecule has 1 saturated heterocycles. The summed E-state index contributed by atoms with van der Waals surface area (Å²) in [5.41, 5.74) is -0.698. The molecule has 1 aliphatic heterocycles. The number of carboxylic acids is 1. The first-order chi connectivity index (χ1) is 8.39. The average molecular weight is 258 g/mol. The highest BCUT2D eigenvalue weighted by Gasteiger charge is 2.37. The van der Waals surface area contributed by atoms with Gasteiger partial charge in [-0.25, -0.2) is 4.79 Å². The Balaban J connectivity index is 2.38. The van der Waals surface area contributed by atoms with Crippen LogP contribution in [0.25, 0.3) is 0 Å². The Labute approximate surface area is 107 Å². The summed E-state index contributed by atoms with van der Waals surface area (Å²) in [6.45, 7) is 5.03. The van der Waals surface area contributed by atoms with Crippen molar-refractivity contribution in [2.75, 3.05) is 26.7 Å². The van der Waals surface area contributed by atoms with Crippen molar-refractivity contribution in [3.63, 3.8) is 0 Å². The number of nitrogens with zero attached hydrogens (tertiary/aromatic N) is 1. The fourth-order valence-electron chi connectivity index (χ4n) is 1.84. The van der Waals surface area contributed by atoms with Crippen molar-refractivity contribution in [1.29, 1.82) is 0 Å². The number of hydrogen-bond acceptors (Lipinski definition) is 3. The fourth-order valence-corrected chi connectivity index (χ4v) is 1.84. The lowest BCUT2D eigenvalue weighted by molar-refractivity contribution is -0.150. The van der Waals surface area contributed by atoms with E-state index in [0.717, 1.165) is 0 Å². The van der Waals surface area contributed by atoms with Gasteiger partial charge in [0.2, 0.25) is 0 Å². The summed E-state index contributed by atoms with van der Waals surface area (Å²) in [6.07, 6.45) is 0.966. The number of aliphatic carboxylic acids is 1. The Kier molecular flexibility index (Phi) is 4.95. The Morgan fingerprint density at radius 2 is 2.00 bits per heavy atom. The first-order valence-electron chi connectivity index (χ1n) is 6.18. The lowest BCUT2D eigenvalue weighted by Gasteiger charge is -2.36. The minimum Gasteiger partial charge on any atom is -0.481 e. The first-order valence-corrected chi connectivity index (χ1v) is 6.18. The number of urea groups is 1. The molecule has 1 aliphatic rings. The van der Waals surface area contributed by atoms with Crippen molar-refractivity contribution >= 4 is 12.0 Å². The number of likely N-dealkylation sites (tertiary alicyclic amines) is 1. The van der Waals surface area contributed by atoms with Crippen molar-refractivity contribution in [3.05, 3.63) is 0 Å². The van der Waals surface area contributed by atoms with E-state index >= 15 is 0 Å². The lowest BCUT2D eigenvalue weighted by Crippen LogP contribution is -2.49. The van der Waals surface area contributed by atoms with Crippen LogP contribution in [-0.4, -0.2) is 54.9 Å². The van der Waals surface area contributed by atoms with Crippen LogP contribution in [-0.2, 0) is 9.53 Å². The topological polar surface area (TPSA) is 78.9 Å². The van der Waals surface area contributed by atoms with Crippen molar-refractivity contribution < 1.29 is 19.4 Å². The summed E-state index contributed by atoms with van der Waals surface area (Å²) in [5.74, 6) is -0.782. The van der Waals surface area contributed by atoms with Crippen LogP contribution in [0.4, 0.5) is 4.79 Å². The monoisotopic (exact) mass is 258 g/mol. The molecule has 0 saturated carbocycles. The largest absolute Gasteiger partial charge is 0.481 e. The van der Waals surface area contributed by atoms with Gasteiger partial charge >= 0.3 is 12.0 Å². The van der Waals surface area contributed by atoms with E-state index in [4.69, 9.17) is 9.84 Å². The number of piperidine rings is 1. The highest BCUT2D eigenvalue weighted by molar-refractivity contribution is 5.76. The molecule has 6 nitrogen and oxygen atoms in total. The predicted molar refractivity (Wildman–Crippen MR) is 66.4 cm³/mol. The van der Waals surface area contributed by atoms with Crippen LogP contribution >= 0.6 is 0 Å². The van der Waals surface area contributed by atoms with Crippen molar-refractivity contribution in [1.82, 2.24) is 10.2 Å². The van der Waals surface area contributed by atoms with Crippen molar-refractivity contribution in [3.8, 4) is 0 Å². The number of amides is 2. The van der Waals surface area contributed by atoms with E-state index in [1.165, 1.54) is 0 Å². The standard InChI is InChI=1S/C12H22N2O4/c1-9(18-3)8-13-11(17)14-6-4-12(2,5-7-14)10(15)16/h9H,4-8H2,1-3H3,(H,13,17)(H,15,16). The van der Waals surface area contributed by atoms with Crippen molar-refractivity contribution in [2.24, 2.45) is 5.41 Å². The summed E-state index contributed by atoms with van der Waals surface area (Å²) < 4.78 is 5.04. The Morgan fingerprint density at radius 3 is 2.44 bits per heavy atom. The number of rotatable bonds is 4. The van der Waals surface area contributed by atoms with Gasteiger partial charge in [0.25, 0.3) is 0 Å². The number of methoxy groups -OCH3 is 1. The van der Waals surface area contributed by atoms with Crippen LogP contribution < -0.4 is 5.32 Å². The molecule has 104 valence electrons. The van der Waals surface area contributed by atoms with E-state index in [-0.39, 0.29) is 12.1 Å². The zero-order chi connectivity index (χ0) is 13.8. The summed E-state index contributed by atoms with van der Waals surface area (Å²) in [4.78, 5) is 24.5. The van der Waals surface area contributed by atoms with E-state index in [0.29, 0.717) is 32.5 Å². The van der Waals surface area contributed by atoms with Gasteiger partial charge in [-0.2, -0.15) is 0 Å². The number of carboxylic acid groups (broad SMARTS) is 1. The molecule has 1 rings (SSSR count). The molecule has 0 aliphatic carbocycles. The van der Waals surface area contributed by atoms with Gasteiger partial charge in [0.15, 0.2) is 0 Å². The number of carbonyl (C=O) groups is 2. The van der Waals surface area contributed by atoms with Crippen LogP contribution in [0.5, 0.6) is 0 Å². The molecule has 1 unspecified atom stereocenters. The third-order valence-electron chi connectivity index (χ3n) is 3.61. The van der Waals surface area contributed by atoms with Crippen LogP contribution in [0.2, 0.25) is 0 Å².